The summed E-state index contributed by atoms with van der Waals surface area (Å²) in [5, 5.41) is 3.96. The molecule has 1 fully saturated rings. The zero-order chi connectivity index (χ0) is 23.9. The van der Waals surface area contributed by atoms with Crippen LogP contribution in [0.2, 0.25) is 0 Å². The van der Waals surface area contributed by atoms with Crippen LogP contribution in [0.1, 0.15) is 39.2 Å². The van der Waals surface area contributed by atoms with Crippen LogP contribution >= 0.6 is 34.8 Å². The topological polar surface area (TPSA) is 97.0 Å². The van der Waals surface area contributed by atoms with Crippen LogP contribution in [-0.2, 0) is 25.5 Å². The van der Waals surface area contributed by atoms with Crippen LogP contribution in [0.15, 0.2) is 30.3 Å². The van der Waals surface area contributed by atoms with Crippen molar-refractivity contribution in [2.45, 2.75) is 61.5 Å². The third-order valence-electron chi connectivity index (χ3n) is 4.39. The molecule has 0 bridgehead atoms. The van der Waals surface area contributed by atoms with Gasteiger partial charge < -0.3 is 14.8 Å². The second-order valence-corrected chi connectivity index (χ2v) is 10.9. The molecule has 1 saturated heterocycles. The van der Waals surface area contributed by atoms with Crippen molar-refractivity contribution in [2.75, 3.05) is 13.2 Å². The predicted octanol–water partition coefficient (Wildman–Crippen LogP) is 3.53. The third kappa shape index (κ3) is 9.40. The van der Waals surface area contributed by atoms with Crippen molar-refractivity contribution in [1.82, 2.24) is 15.8 Å². The fourth-order valence-electron chi connectivity index (χ4n) is 3.06. The number of carbonyl (C=O) groups excluding carboxylic acids is 3. The number of hydrogen-bond donors (Lipinski definition) is 2. The second-order valence-electron chi connectivity index (χ2n) is 8.43. The molecule has 0 spiro atoms. The Hall–Kier alpha value is -1.74. The molecule has 2 N–H and O–H groups in total. The zero-order valence-corrected chi connectivity index (χ0v) is 20.5. The van der Waals surface area contributed by atoms with Crippen LogP contribution < -0.4 is 10.7 Å². The Labute approximate surface area is 202 Å². The van der Waals surface area contributed by atoms with E-state index in [2.05, 4.69) is 10.7 Å². The molecule has 0 saturated carbocycles. The molecule has 0 aliphatic carbocycles. The van der Waals surface area contributed by atoms with E-state index in [-0.39, 0.29) is 6.42 Å². The lowest BCUT2D eigenvalue weighted by atomic mass is 10.0. The standard InChI is InChI=1S/C21H28Cl3N3O5/c1-20(2,3)32-19(30)25-16(12-14-8-5-4-6-9-14)17(28)27-11-7-10-15(26-27)18(29)31-13-21(22,23)24/h4-6,8-9,15-16,26H,7,10-13H2,1-3H3,(H,25,30)/t15-,16-/m0/s1. The van der Waals surface area contributed by atoms with E-state index in [4.69, 9.17) is 44.3 Å². The Kier molecular flexibility index (Phi) is 9.45. The summed E-state index contributed by atoms with van der Waals surface area (Å²) in [6, 6.07) is 7.59. The molecule has 32 heavy (non-hydrogen) atoms. The monoisotopic (exact) mass is 507 g/mol. The fraction of sp³-hybridized carbons (Fsp3) is 0.571. The Balaban J connectivity index is 2.09. The van der Waals surface area contributed by atoms with Crippen molar-refractivity contribution in [1.29, 1.82) is 0 Å². The van der Waals surface area contributed by atoms with Crippen molar-refractivity contribution < 1.29 is 23.9 Å². The maximum Gasteiger partial charge on any atom is 0.408 e. The summed E-state index contributed by atoms with van der Waals surface area (Å²) in [7, 11) is 0. The molecule has 0 aromatic heterocycles. The summed E-state index contributed by atoms with van der Waals surface area (Å²) in [6.45, 7) is 5.16. The Morgan fingerprint density at radius 2 is 1.84 bits per heavy atom. The van der Waals surface area contributed by atoms with E-state index in [0.29, 0.717) is 19.4 Å². The van der Waals surface area contributed by atoms with E-state index in [1.807, 2.05) is 30.3 Å². The van der Waals surface area contributed by atoms with Gasteiger partial charge in [0.25, 0.3) is 5.91 Å². The third-order valence-corrected chi connectivity index (χ3v) is 4.71. The Morgan fingerprint density at radius 3 is 2.44 bits per heavy atom. The lowest BCUT2D eigenvalue weighted by Crippen LogP contribution is -2.60. The maximum atomic E-state index is 13.3. The van der Waals surface area contributed by atoms with Gasteiger partial charge in [0.2, 0.25) is 3.79 Å². The van der Waals surface area contributed by atoms with E-state index in [1.54, 1.807) is 20.8 Å². The molecular weight excluding hydrogens is 481 g/mol. The van der Waals surface area contributed by atoms with Gasteiger partial charge in [-0.15, -0.1) is 0 Å². The minimum Gasteiger partial charge on any atom is -0.460 e. The number of benzene rings is 1. The zero-order valence-electron chi connectivity index (χ0n) is 18.2. The van der Waals surface area contributed by atoms with Crippen molar-refractivity contribution >= 4 is 52.8 Å². The molecule has 2 rings (SSSR count). The van der Waals surface area contributed by atoms with Gasteiger partial charge in [0.05, 0.1) is 0 Å². The minimum atomic E-state index is -1.72. The molecule has 2 atom stereocenters. The molecule has 0 radical (unpaired) electrons. The summed E-state index contributed by atoms with van der Waals surface area (Å²) in [5.41, 5.74) is 3.01. The number of esters is 1. The lowest BCUT2D eigenvalue weighted by molar-refractivity contribution is -0.152. The largest absolute Gasteiger partial charge is 0.460 e. The predicted molar refractivity (Wildman–Crippen MR) is 122 cm³/mol. The Bertz CT molecular complexity index is 796. The molecule has 0 unspecified atom stereocenters. The molecule has 178 valence electrons. The normalized spacial score (nSPS) is 17.9. The number of nitrogens with zero attached hydrogens (tertiary/aromatic N) is 1. The van der Waals surface area contributed by atoms with Crippen molar-refractivity contribution in [3.63, 3.8) is 0 Å². The number of carbonyl (C=O) groups is 3. The van der Waals surface area contributed by atoms with E-state index in [1.165, 1.54) is 5.01 Å². The van der Waals surface area contributed by atoms with Crippen molar-refractivity contribution in [3.05, 3.63) is 35.9 Å². The quantitative estimate of drug-likeness (QED) is 0.451. The molecule has 1 heterocycles. The highest BCUT2D eigenvalue weighted by molar-refractivity contribution is 6.67. The lowest BCUT2D eigenvalue weighted by Gasteiger charge is -2.35. The summed E-state index contributed by atoms with van der Waals surface area (Å²) in [6.07, 6.45) is 0.545. The molecule has 1 aliphatic heterocycles. The second kappa shape index (κ2) is 11.4. The van der Waals surface area contributed by atoms with Gasteiger partial charge in [-0.25, -0.2) is 10.2 Å². The van der Waals surface area contributed by atoms with Crippen molar-refractivity contribution in [2.24, 2.45) is 0 Å². The first-order valence-corrected chi connectivity index (χ1v) is 11.3. The number of ether oxygens (including phenoxy) is 2. The number of hydrazine groups is 1. The van der Waals surface area contributed by atoms with Gasteiger partial charge >= 0.3 is 12.1 Å². The molecule has 1 aliphatic rings. The smallest absolute Gasteiger partial charge is 0.408 e. The molecular formula is C21H28Cl3N3O5. The van der Waals surface area contributed by atoms with Gasteiger partial charge in [-0.1, -0.05) is 65.1 Å². The number of nitrogens with one attached hydrogen (secondary N) is 2. The maximum absolute atomic E-state index is 13.3. The van der Waals surface area contributed by atoms with Crippen LogP contribution in [0.3, 0.4) is 0 Å². The first-order valence-electron chi connectivity index (χ1n) is 10.2. The van der Waals surface area contributed by atoms with Gasteiger partial charge in [0.15, 0.2) is 0 Å². The van der Waals surface area contributed by atoms with E-state index < -0.39 is 46.1 Å². The molecule has 11 heteroatoms. The SMILES string of the molecule is CC(C)(C)OC(=O)N[C@@H](Cc1ccccc1)C(=O)N1CCC[C@@H](C(=O)OCC(Cl)(Cl)Cl)N1. The number of alkyl halides is 3. The van der Waals surface area contributed by atoms with Crippen LogP contribution in [0, 0.1) is 0 Å². The highest BCUT2D eigenvalue weighted by Crippen LogP contribution is 2.26. The van der Waals surface area contributed by atoms with Gasteiger partial charge in [0, 0.05) is 13.0 Å². The molecule has 1 aromatic rings. The van der Waals surface area contributed by atoms with Gasteiger partial charge in [-0.05, 0) is 39.2 Å². The average molecular weight is 509 g/mol. The summed E-state index contributed by atoms with van der Waals surface area (Å²) in [5.74, 6) is -1.04. The summed E-state index contributed by atoms with van der Waals surface area (Å²) in [4.78, 5) is 37.9. The van der Waals surface area contributed by atoms with Gasteiger partial charge in [0.1, 0.15) is 24.3 Å². The number of rotatable bonds is 6. The van der Waals surface area contributed by atoms with Crippen LogP contribution in [-0.4, -0.2) is 57.6 Å². The number of amides is 2. The van der Waals surface area contributed by atoms with E-state index in [0.717, 1.165) is 5.56 Å². The summed E-state index contributed by atoms with van der Waals surface area (Å²) >= 11 is 16.9. The summed E-state index contributed by atoms with van der Waals surface area (Å²) < 4.78 is 8.61. The molecule has 1 aromatic carbocycles. The van der Waals surface area contributed by atoms with Crippen LogP contribution in [0.5, 0.6) is 0 Å². The first-order chi connectivity index (χ1) is 14.8. The van der Waals surface area contributed by atoms with E-state index in [9.17, 15) is 14.4 Å². The highest BCUT2D eigenvalue weighted by Gasteiger charge is 2.34. The van der Waals surface area contributed by atoms with Gasteiger partial charge in [-0.2, -0.15) is 0 Å². The fourth-order valence-corrected chi connectivity index (χ4v) is 3.22. The average Bonchev–Trinajstić information content (AvgIpc) is 2.70. The highest BCUT2D eigenvalue weighted by atomic mass is 35.6. The molecule has 2 amide bonds. The number of alkyl carbamates (subject to hydrolysis) is 1. The number of hydrogen-bond acceptors (Lipinski definition) is 6. The number of halogens is 3. The minimum absolute atomic E-state index is 0.249. The van der Waals surface area contributed by atoms with E-state index >= 15 is 0 Å². The first kappa shape index (κ1) is 26.5. The van der Waals surface area contributed by atoms with Crippen LogP contribution in [0.4, 0.5) is 4.79 Å². The van der Waals surface area contributed by atoms with Crippen molar-refractivity contribution in [3.8, 4) is 0 Å². The van der Waals surface area contributed by atoms with Gasteiger partial charge in [-0.3, -0.25) is 14.6 Å². The Morgan fingerprint density at radius 1 is 1.19 bits per heavy atom. The molecule has 8 nitrogen and oxygen atoms in total. The van der Waals surface area contributed by atoms with Crippen LogP contribution in [0.25, 0.3) is 0 Å².